The number of hydrogen-bond acceptors (Lipinski definition) is 6. The lowest BCUT2D eigenvalue weighted by Gasteiger charge is -2.18. The Bertz CT molecular complexity index is 2040. The largest absolute Gasteiger partial charge is 0.493 e. The van der Waals surface area contributed by atoms with Crippen LogP contribution in [0.4, 0.5) is 29.7 Å². The van der Waals surface area contributed by atoms with Crippen LogP contribution in [0.3, 0.4) is 0 Å². The third-order valence-electron chi connectivity index (χ3n) is 6.93. The van der Waals surface area contributed by atoms with Crippen LogP contribution in [-0.2, 0) is 6.42 Å². The van der Waals surface area contributed by atoms with Crippen LogP contribution in [0.2, 0.25) is 10.0 Å². The minimum absolute atomic E-state index is 0.131. The van der Waals surface area contributed by atoms with E-state index >= 15 is 0 Å². The van der Waals surface area contributed by atoms with Crippen molar-refractivity contribution in [3.63, 3.8) is 0 Å². The van der Waals surface area contributed by atoms with Gasteiger partial charge in [-0.25, -0.2) is 9.59 Å². The molecule has 0 unspecified atom stereocenters. The molecule has 4 N–H and O–H groups in total. The topological polar surface area (TPSA) is 135 Å². The number of anilines is 2. The Kier molecular flexibility index (Phi) is 15.4. The molecule has 6 amide bonds. The van der Waals surface area contributed by atoms with Gasteiger partial charge < -0.3 is 20.1 Å². The maximum Gasteiger partial charge on any atom is 0.428 e. The third-order valence-corrected chi connectivity index (χ3v) is 8.09. The molecule has 0 saturated heterocycles. The summed E-state index contributed by atoms with van der Waals surface area (Å²) in [6.45, 7) is 0.559. The van der Waals surface area contributed by atoms with E-state index in [1.807, 2.05) is 18.2 Å². The zero-order chi connectivity index (χ0) is 39.1. The van der Waals surface area contributed by atoms with Crippen LogP contribution in [0, 0.1) is 0 Å². The first kappa shape index (κ1) is 41.4. The molecule has 10 nitrogen and oxygen atoms in total. The van der Waals surface area contributed by atoms with Crippen molar-refractivity contribution >= 4 is 81.7 Å². The fraction of sp³-hybridized carbons (Fsp3) is 0.105. The van der Waals surface area contributed by atoms with Crippen molar-refractivity contribution in [2.24, 2.45) is 0 Å². The van der Waals surface area contributed by atoms with Crippen molar-refractivity contribution < 1.29 is 37.4 Å². The maximum absolute atomic E-state index is 13.3. The second-order valence-corrected chi connectivity index (χ2v) is 12.8. The summed E-state index contributed by atoms with van der Waals surface area (Å²) in [5.74, 6) is -0.764. The van der Waals surface area contributed by atoms with Crippen molar-refractivity contribution in [2.45, 2.75) is 17.4 Å². The van der Waals surface area contributed by atoms with Gasteiger partial charge in [0.15, 0.2) is 0 Å². The monoisotopic (exact) mass is 816 g/mol. The van der Waals surface area contributed by atoms with E-state index in [-0.39, 0.29) is 32.6 Å². The normalized spacial score (nSPS) is 10.6. The van der Waals surface area contributed by atoms with Gasteiger partial charge in [-0.15, -0.1) is 0 Å². The Morgan fingerprint density at radius 1 is 0.593 bits per heavy atom. The van der Waals surface area contributed by atoms with E-state index in [4.69, 9.17) is 51.1 Å². The van der Waals surface area contributed by atoms with E-state index in [1.165, 1.54) is 42.0 Å². The SMILES string of the molecule is O=C(NC(=O)c1ccccc1Cl)Nc1ccc(OC(F)(F)C(Cl)Cl)cc1.O=C(NC(=O)c1ccccc1Cl)Nc1ccc(OCCc2ccccc2)cc1. The molecule has 0 spiro atoms. The summed E-state index contributed by atoms with van der Waals surface area (Å²) >= 11 is 22.0. The minimum atomic E-state index is -3.77. The van der Waals surface area contributed by atoms with Gasteiger partial charge in [0.1, 0.15) is 11.5 Å². The van der Waals surface area contributed by atoms with Gasteiger partial charge in [0.05, 0.1) is 27.8 Å². The van der Waals surface area contributed by atoms with Gasteiger partial charge in [-0.2, -0.15) is 8.78 Å². The number of urea groups is 2. The molecule has 5 aromatic rings. The zero-order valence-electron chi connectivity index (χ0n) is 27.8. The van der Waals surface area contributed by atoms with Crippen LogP contribution >= 0.6 is 46.4 Å². The highest BCUT2D eigenvalue weighted by molar-refractivity contribution is 6.44. The lowest BCUT2D eigenvalue weighted by Crippen LogP contribution is -2.34. The Balaban J connectivity index is 0.000000241. The molecule has 0 atom stereocenters. The van der Waals surface area contributed by atoms with Crippen LogP contribution in [-0.4, -0.2) is 41.4 Å². The molecule has 0 heterocycles. The molecule has 5 aromatic carbocycles. The highest BCUT2D eigenvalue weighted by atomic mass is 35.5. The first-order valence-corrected chi connectivity index (χ1v) is 17.4. The molecule has 0 saturated carbocycles. The number of ether oxygens (including phenoxy) is 2. The van der Waals surface area contributed by atoms with Gasteiger partial charge >= 0.3 is 18.2 Å². The average molecular weight is 818 g/mol. The summed E-state index contributed by atoms with van der Waals surface area (Å²) in [6, 6.07) is 33.2. The molecule has 0 radical (unpaired) electrons. The molecule has 0 fully saturated rings. The van der Waals surface area contributed by atoms with Gasteiger partial charge in [0.2, 0.25) is 4.84 Å². The number of benzene rings is 5. The predicted octanol–water partition coefficient (Wildman–Crippen LogP) is 10.0. The summed E-state index contributed by atoms with van der Waals surface area (Å²) in [4.78, 5) is 45.8. The molecule has 16 heteroatoms. The fourth-order valence-electron chi connectivity index (χ4n) is 4.33. The number of nitrogens with one attached hydrogen (secondary N) is 4. The summed E-state index contributed by atoms with van der Waals surface area (Å²) in [5, 5.41) is 9.78. The lowest BCUT2D eigenvalue weighted by atomic mass is 10.2. The van der Waals surface area contributed by atoms with Gasteiger partial charge in [0, 0.05) is 17.8 Å². The maximum atomic E-state index is 13.3. The second-order valence-electron chi connectivity index (χ2n) is 10.9. The first-order chi connectivity index (χ1) is 25.8. The van der Waals surface area contributed by atoms with E-state index in [0.717, 1.165) is 6.42 Å². The highest BCUT2D eigenvalue weighted by Crippen LogP contribution is 2.30. The predicted molar refractivity (Wildman–Crippen MR) is 205 cm³/mol. The Morgan fingerprint density at radius 3 is 1.46 bits per heavy atom. The van der Waals surface area contributed by atoms with E-state index in [2.05, 4.69) is 38.1 Å². The molecule has 0 bridgehead atoms. The molecule has 0 aliphatic heterocycles. The number of amides is 6. The molecule has 54 heavy (non-hydrogen) atoms. The van der Waals surface area contributed by atoms with Crippen LogP contribution in [0.5, 0.6) is 11.5 Å². The molecule has 0 aliphatic rings. The second kappa shape index (κ2) is 20.2. The minimum Gasteiger partial charge on any atom is -0.493 e. The first-order valence-electron chi connectivity index (χ1n) is 15.8. The molecule has 280 valence electrons. The van der Waals surface area contributed by atoms with Gasteiger partial charge in [-0.1, -0.05) is 101 Å². The number of rotatable bonds is 11. The summed E-state index contributed by atoms with van der Waals surface area (Å²) in [5.41, 5.74) is 2.35. The number of imide groups is 2. The fourth-order valence-corrected chi connectivity index (χ4v) is 4.86. The Hall–Kier alpha value is -5.40. The number of halogens is 6. The highest BCUT2D eigenvalue weighted by Gasteiger charge is 2.40. The van der Waals surface area contributed by atoms with Crippen molar-refractivity contribution in [3.8, 4) is 11.5 Å². The van der Waals surface area contributed by atoms with Gasteiger partial charge in [-0.05, 0) is 78.4 Å². The Labute approximate surface area is 328 Å². The van der Waals surface area contributed by atoms with E-state index in [1.54, 1.807) is 60.7 Å². The van der Waals surface area contributed by atoms with Crippen LogP contribution in [0.1, 0.15) is 26.3 Å². The number of hydrogen-bond donors (Lipinski definition) is 4. The molecular formula is C38H30Cl4F2N4O6. The van der Waals surface area contributed by atoms with E-state index < -0.39 is 34.8 Å². The number of carbonyl (C=O) groups excluding carboxylic acids is 4. The molecule has 0 aliphatic carbocycles. The number of alkyl halides is 4. The van der Waals surface area contributed by atoms with E-state index in [9.17, 15) is 28.0 Å². The van der Waals surface area contributed by atoms with Crippen molar-refractivity contribution in [3.05, 3.63) is 154 Å². The summed E-state index contributed by atoms with van der Waals surface area (Å²) in [7, 11) is 0. The average Bonchev–Trinajstić information content (AvgIpc) is 3.14. The Morgan fingerprint density at radius 2 is 1.02 bits per heavy atom. The van der Waals surface area contributed by atoms with E-state index in [0.29, 0.717) is 18.0 Å². The van der Waals surface area contributed by atoms with Crippen molar-refractivity contribution in [1.82, 2.24) is 10.6 Å². The van der Waals surface area contributed by atoms with Crippen LogP contribution in [0.25, 0.3) is 0 Å². The third kappa shape index (κ3) is 13.2. The smallest absolute Gasteiger partial charge is 0.428 e. The van der Waals surface area contributed by atoms with Crippen LogP contribution < -0.4 is 30.7 Å². The van der Waals surface area contributed by atoms with Gasteiger partial charge in [-0.3, -0.25) is 20.2 Å². The zero-order valence-corrected chi connectivity index (χ0v) is 30.9. The quantitative estimate of drug-likeness (QED) is 0.0981. The van der Waals surface area contributed by atoms with Crippen molar-refractivity contribution in [2.75, 3.05) is 17.2 Å². The number of carbonyl (C=O) groups is 4. The molecule has 0 aromatic heterocycles. The van der Waals surface area contributed by atoms with Crippen LogP contribution in [0.15, 0.2) is 127 Å². The van der Waals surface area contributed by atoms with Gasteiger partial charge in [0.25, 0.3) is 11.8 Å². The van der Waals surface area contributed by atoms with Crippen molar-refractivity contribution in [1.29, 1.82) is 0 Å². The summed E-state index contributed by atoms with van der Waals surface area (Å²) < 4.78 is 36.6. The summed E-state index contributed by atoms with van der Waals surface area (Å²) in [6.07, 6.45) is -2.95. The molecule has 5 rings (SSSR count). The standard InChI is InChI=1S/C22H19ClN2O3.C16H11Cl3F2N2O3/c23-20-9-5-4-8-19(20)21(26)25-22(27)24-17-10-12-18(13-11-17)28-15-14-16-6-2-1-3-7-16;17-12-4-2-1-3-11(12)13(24)23-15(25)22-9-5-7-10(8-6-9)26-16(20,21)14(18)19/h1-13H,14-15H2,(H2,24,25,26,27);1-8,14H,(H2,22,23,24,25). The lowest BCUT2D eigenvalue weighted by molar-refractivity contribution is -0.163. The molecular weight excluding hydrogens is 788 g/mol.